The van der Waals surface area contributed by atoms with Gasteiger partial charge in [0, 0.05) is 21.8 Å². The van der Waals surface area contributed by atoms with Crippen LogP contribution in [0.25, 0.3) is 5.00 Å². The van der Waals surface area contributed by atoms with Crippen molar-refractivity contribution in [3.8, 4) is 5.00 Å². The lowest BCUT2D eigenvalue weighted by atomic mass is 9.85. The van der Waals surface area contributed by atoms with Crippen molar-refractivity contribution < 1.29 is 19.4 Å². The number of rotatable bonds is 8. The number of hydrogen-bond donors (Lipinski definition) is 2. The number of fused-ring (bicyclic) bond motifs is 1. The number of nitrogens with one attached hydrogen (secondary N) is 1. The highest BCUT2D eigenvalue weighted by Gasteiger charge is 2.40. The van der Waals surface area contributed by atoms with Gasteiger partial charge in [-0.15, -0.1) is 11.3 Å². The highest BCUT2D eigenvalue weighted by atomic mass is 32.1. The third-order valence-electron chi connectivity index (χ3n) is 7.39. The molecule has 0 radical (unpaired) electrons. The number of nitrogens with zero attached hydrogens (tertiary/aromatic N) is 2. The molecule has 1 amide bonds. The van der Waals surface area contributed by atoms with Gasteiger partial charge in [0.2, 0.25) is 0 Å². The van der Waals surface area contributed by atoms with E-state index < -0.39 is 11.5 Å². The first-order valence-electron chi connectivity index (χ1n) is 13.5. The van der Waals surface area contributed by atoms with Gasteiger partial charge in [-0.25, -0.2) is 10.2 Å². The molecule has 0 saturated heterocycles. The molecule has 1 aliphatic rings. The van der Waals surface area contributed by atoms with Crippen molar-refractivity contribution in [2.75, 3.05) is 6.61 Å². The number of esters is 1. The summed E-state index contributed by atoms with van der Waals surface area (Å²) >= 11 is 1.65. The Labute approximate surface area is 238 Å². The highest BCUT2D eigenvalue weighted by molar-refractivity contribution is 7.15. The standard InChI is InChI=1S/C32H33N3O4S/c1-4-39-30(36)28-26-17-11-12-18-27(26)40-29(28)35-21(2)19-23(22(35)3)20-33-34-31(37)32(38,24-13-7-5-8-14-24)25-15-9-6-10-16-25/h5-10,13-16,19-20,38H,4,11-12,17-18H2,1-3H3,(H,34,37). The number of carbonyl (C=O) groups excluding carboxylic acids is 2. The molecule has 0 spiro atoms. The number of hydrazone groups is 1. The average Bonchev–Trinajstić information content (AvgIpc) is 3.49. The summed E-state index contributed by atoms with van der Waals surface area (Å²) in [5.41, 5.74) is 5.93. The van der Waals surface area contributed by atoms with Crippen LogP contribution in [0.5, 0.6) is 0 Å². The summed E-state index contributed by atoms with van der Waals surface area (Å²) in [5.74, 6) is -0.946. The first kappa shape index (κ1) is 27.6. The lowest BCUT2D eigenvalue weighted by Crippen LogP contribution is -2.43. The molecule has 2 N–H and O–H groups in total. The Balaban J connectivity index is 1.46. The number of hydrogen-bond acceptors (Lipinski definition) is 6. The van der Waals surface area contributed by atoms with Crippen molar-refractivity contribution in [3.05, 3.63) is 111 Å². The Morgan fingerprint density at radius 2 is 1.68 bits per heavy atom. The van der Waals surface area contributed by atoms with E-state index in [1.807, 2.05) is 39.0 Å². The minimum Gasteiger partial charge on any atom is -0.462 e. The number of ether oxygens (including phenoxy) is 1. The molecule has 4 aromatic rings. The van der Waals surface area contributed by atoms with E-state index in [0.29, 0.717) is 23.3 Å². The van der Waals surface area contributed by atoms with Crippen molar-refractivity contribution >= 4 is 29.4 Å². The molecular weight excluding hydrogens is 522 g/mol. The highest BCUT2D eigenvalue weighted by Crippen LogP contribution is 2.39. The molecule has 40 heavy (non-hydrogen) atoms. The van der Waals surface area contributed by atoms with E-state index in [1.165, 1.54) is 4.88 Å². The monoisotopic (exact) mass is 555 g/mol. The van der Waals surface area contributed by atoms with Crippen LogP contribution in [0.3, 0.4) is 0 Å². The second-order valence-electron chi connectivity index (χ2n) is 9.91. The van der Waals surface area contributed by atoms with Gasteiger partial charge >= 0.3 is 5.97 Å². The second kappa shape index (κ2) is 11.6. The number of thiophene rings is 1. The lowest BCUT2D eigenvalue weighted by molar-refractivity contribution is -0.136. The third kappa shape index (κ3) is 5.00. The molecule has 0 bridgehead atoms. The summed E-state index contributed by atoms with van der Waals surface area (Å²) in [6.07, 6.45) is 5.61. The zero-order valence-electron chi connectivity index (χ0n) is 22.9. The predicted molar refractivity (Wildman–Crippen MR) is 157 cm³/mol. The van der Waals surface area contributed by atoms with Gasteiger partial charge in [0.15, 0.2) is 5.60 Å². The topological polar surface area (TPSA) is 92.9 Å². The van der Waals surface area contributed by atoms with Crippen molar-refractivity contribution in [2.45, 2.75) is 52.1 Å². The summed E-state index contributed by atoms with van der Waals surface area (Å²) in [6.45, 7) is 6.10. The number of benzene rings is 2. The van der Waals surface area contributed by atoms with E-state index in [2.05, 4.69) is 15.1 Å². The van der Waals surface area contributed by atoms with E-state index in [4.69, 9.17) is 4.74 Å². The Bertz CT molecular complexity index is 1510. The van der Waals surface area contributed by atoms with Crippen LogP contribution in [-0.2, 0) is 28.0 Å². The van der Waals surface area contributed by atoms with Crippen LogP contribution in [0.2, 0.25) is 0 Å². The Morgan fingerprint density at radius 3 is 2.30 bits per heavy atom. The smallest absolute Gasteiger partial charge is 0.341 e. The quantitative estimate of drug-likeness (QED) is 0.168. The Hall–Kier alpha value is -4.01. The summed E-state index contributed by atoms with van der Waals surface area (Å²) in [5, 5.41) is 16.7. The van der Waals surface area contributed by atoms with E-state index in [9.17, 15) is 14.7 Å². The maximum Gasteiger partial charge on any atom is 0.341 e. The molecule has 206 valence electrons. The first-order chi connectivity index (χ1) is 19.4. The summed E-state index contributed by atoms with van der Waals surface area (Å²) in [7, 11) is 0. The molecule has 0 atom stereocenters. The summed E-state index contributed by atoms with van der Waals surface area (Å²) in [6, 6.07) is 19.6. The van der Waals surface area contributed by atoms with Gasteiger partial charge in [-0.1, -0.05) is 60.7 Å². The minimum absolute atomic E-state index is 0.284. The molecule has 2 aromatic carbocycles. The van der Waals surface area contributed by atoms with E-state index >= 15 is 0 Å². The van der Waals surface area contributed by atoms with Gasteiger partial charge in [-0.3, -0.25) is 4.79 Å². The molecule has 5 rings (SSSR count). The van der Waals surface area contributed by atoms with E-state index in [0.717, 1.165) is 53.2 Å². The van der Waals surface area contributed by atoms with Gasteiger partial charge in [-0.05, 0) is 69.2 Å². The Kier molecular flexibility index (Phi) is 8.00. The van der Waals surface area contributed by atoms with E-state index in [-0.39, 0.29) is 5.97 Å². The molecule has 0 fully saturated rings. The SMILES string of the molecule is CCOC(=O)c1c(-n2c(C)cc(C=NNC(=O)C(O)(c3ccccc3)c3ccccc3)c2C)sc2c1CCCC2. The van der Waals surface area contributed by atoms with Crippen LogP contribution in [0, 0.1) is 13.8 Å². The number of aromatic nitrogens is 1. The lowest BCUT2D eigenvalue weighted by Gasteiger charge is -2.27. The normalized spacial score (nSPS) is 13.3. The van der Waals surface area contributed by atoms with Gasteiger partial charge in [0.05, 0.1) is 18.4 Å². The predicted octanol–water partition coefficient (Wildman–Crippen LogP) is 5.60. The summed E-state index contributed by atoms with van der Waals surface area (Å²) in [4.78, 5) is 27.7. The molecule has 0 saturated carbocycles. The Morgan fingerprint density at radius 1 is 1.05 bits per heavy atom. The van der Waals surface area contributed by atoms with Crippen LogP contribution >= 0.6 is 11.3 Å². The second-order valence-corrected chi connectivity index (χ2v) is 11.0. The molecule has 2 heterocycles. The molecular formula is C32H33N3O4S. The number of carbonyl (C=O) groups is 2. The fourth-order valence-corrected chi connectivity index (χ4v) is 6.87. The van der Waals surface area contributed by atoms with Gasteiger partial charge < -0.3 is 14.4 Å². The zero-order valence-corrected chi connectivity index (χ0v) is 23.8. The van der Waals surface area contributed by atoms with Crippen LogP contribution in [0.4, 0.5) is 0 Å². The first-order valence-corrected chi connectivity index (χ1v) is 14.4. The zero-order chi connectivity index (χ0) is 28.3. The fraction of sp³-hybridized carbons (Fsp3) is 0.281. The number of aliphatic hydroxyl groups is 1. The molecule has 1 aliphatic carbocycles. The van der Waals surface area contributed by atoms with E-state index in [1.54, 1.807) is 66.1 Å². The van der Waals surface area contributed by atoms with Crippen molar-refractivity contribution in [2.24, 2.45) is 5.10 Å². The van der Waals surface area contributed by atoms with Gasteiger partial charge in [0.1, 0.15) is 5.00 Å². The van der Waals surface area contributed by atoms with Crippen LogP contribution in [-0.4, -0.2) is 34.4 Å². The van der Waals surface area contributed by atoms with Crippen LogP contribution in [0.15, 0.2) is 71.8 Å². The maximum absolute atomic E-state index is 13.4. The van der Waals surface area contributed by atoms with Crippen LogP contribution in [0.1, 0.15) is 68.6 Å². The van der Waals surface area contributed by atoms with Crippen molar-refractivity contribution in [1.82, 2.24) is 9.99 Å². The van der Waals surface area contributed by atoms with Gasteiger partial charge in [-0.2, -0.15) is 5.10 Å². The largest absolute Gasteiger partial charge is 0.462 e. The average molecular weight is 556 g/mol. The number of aryl methyl sites for hydroxylation is 2. The maximum atomic E-state index is 13.4. The van der Waals surface area contributed by atoms with Crippen molar-refractivity contribution in [1.29, 1.82) is 0 Å². The van der Waals surface area contributed by atoms with Crippen LogP contribution < -0.4 is 5.43 Å². The van der Waals surface area contributed by atoms with Gasteiger partial charge in [0.25, 0.3) is 5.91 Å². The molecule has 2 aromatic heterocycles. The molecule has 8 heteroatoms. The molecule has 0 aliphatic heterocycles. The fourth-order valence-electron chi connectivity index (χ4n) is 5.38. The summed E-state index contributed by atoms with van der Waals surface area (Å²) < 4.78 is 7.53. The third-order valence-corrected chi connectivity index (χ3v) is 8.66. The molecule has 7 nitrogen and oxygen atoms in total. The minimum atomic E-state index is -1.92. The number of amides is 1. The van der Waals surface area contributed by atoms with Crippen molar-refractivity contribution in [3.63, 3.8) is 0 Å². The molecule has 0 unspecified atom stereocenters.